The number of ketones is 1. The maximum absolute atomic E-state index is 12.5. The molecule has 3 rings (SSSR count). The minimum Gasteiger partial charge on any atom is -0.496 e. The molecule has 0 N–H and O–H groups in total. The van der Waals surface area contributed by atoms with Gasteiger partial charge in [0.1, 0.15) is 11.3 Å². The molecule has 4 heteroatoms. The van der Waals surface area contributed by atoms with Gasteiger partial charge in [-0.3, -0.25) is 4.79 Å². The first-order chi connectivity index (χ1) is 10.1. The maximum Gasteiger partial charge on any atom is 0.228 e. The van der Waals surface area contributed by atoms with Gasteiger partial charge < -0.3 is 9.15 Å². The van der Waals surface area contributed by atoms with Crippen molar-refractivity contribution in [1.29, 1.82) is 0 Å². The first-order valence-electron chi connectivity index (χ1n) is 6.47. The van der Waals surface area contributed by atoms with Crippen molar-refractivity contribution in [2.45, 2.75) is 6.92 Å². The third kappa shape index (κ3) is 2.59. The molecule has 0 amide bonds. The van der Waals surface area contributed by atoms with E-state index >= 15 is 0 Å². The number of fused-ring (bicyclic) bond motifs is 1. The summed E-state index contributed by atoms with van der Waals surface area (Å²) in [5.41, 5.74) is 2.41. The van der Waals surface area contributed by atoms with Gasteiger partial charge in [-0.15, -0.1) is 0 Å². The molecule has 0 aliphatic heterocycles. The van der Waals surface area contributed by atoms with Crippen molar-refractivity contribution in [3.05, 3.63) is 63.8 Å². The average Bonchev–Trinajstić information content (AvgIpc) is 2.89. The second-order valence-electron chi connectivity index (χ2n) is 4.83. The Morgan fingerprint density at radius 3 is 2.67 bits per heavy atom. The highest BCUT2D eigenvalue weighted by Gasteiger charge is 2.16. The SMILES string of the molecule is COc1ccc(C(=O)c2cc3cc(C)ccc3o2)cc1Br. The highest BCUT2D eigenvalue weighted by atomic mass is 79.9. The lowest BCUT2D eigenvalue weighted by Gasteiger charge is -2.04. The van der Waals surface area contributed by atoms with E-state index in [2.05, 4.69) is 15.9 Å². The zero-order valence-electron chi connectivity index (χ0n) is 11.6. The summed E-state index contributed by atoms with van der Waals surface area (Å²) in [4.78, 5) is 12.5. The van der Waals surface area contributed by atoms with Crippen LogP contribution < -0.4 is 4.74 Å². The summed E-state index contributed by atoms with van der Waals surface area (Å²) in [5, 5.41) is 0.936. The van der Waals surface area contributed by atoms with Crippen LogP contribution in [0.4, 0.5) is 0 Å². The lowest BCUT2D eigenvalue weighted by Crippen LogP contribution is -1.99. The van der Waals surface area contributed by atoms with Gasteiger partial charge in [0.2, 0.25) is 5.78 Å². The Bertz CT molecular complexity index is 833. The Morgan fingerprint density at radius 1 is 1.14 bits per heavy atom. The van der Waals surface area contributed by atoms with Crippen molar-refractivity contribution < 1.29 is 13.9 Å². The van der Waals surface area contributed by atoms with Crippen LogP contribution in [0, 0.1) is 6.92 Å². The minimum atomic E-state index is -0.146. The van der Waals surface area contributed by atoms with E-state index in [1.807, 2.05) is 25.1 Å². The largest absolute Gasteiger partial charge is 0.496 e. The molecule has 0 spiro atoms. The Labute approximate surface area is 130 Å². The number of ether oxygens (including phenoxy) is 1. The number of hydrogen-bond donors (Lipinski definition) is 0. The first-order valence-corrected chi connectivity index (χ1v) is 7.26. The van der Waals surface area contributed by atoms with Gasteiger partial charge in [0.15, 0.2) is 5.76 Å². The van der Waals surface area contributed by atoms with E-state index in [0.29, 0.717) is 17.1 Å². The molecular weight excluding hydrogens is 332 g/mol. The molecule has 0 aliphatic carbocycles. The minimum absolute atomic E-state index is 0.146. The van der Waals surface area contributed by atoms with Crippen LogP contribution in [0.5, 0.6) is 5.75 Å². The van der Waals surface area contributed by atoms with Crippen LogP contribution in [0.3, 0.4) is 0 Å². The Hall–Kier alpha value is -2.07. The summed E-state index contributed by atoms with van der Waals surface area (Å²) in [5.74, 6) is 0.881. The van der Waals surface area contributed by atoms with Gasteiger partial charge >= 0.3 is 0 Å². The fraction of sp³-hybridized carbons (Fsp3) is 0.118. The molecule has 2 aromatic carbocycles. The highest BCUT2D eigenvalue weighted by Crippen LogP contribution is 2.28. The smallest absolute Gasteiger partial charge is 0.228 e. The number of halogens is 1. The molecule has 0 saturated heterocycles. The summed E-state index contributed by atoms with van der Waals surface area (Å²) in [6.45, 7) is 2.01. The molecule has 0 unspecified atom stereocenters. The quantitative estimate of drug-likeness (QED) is 0.644. The van der Waals surface area contributed by atoms with Crippen LogP contribution in [-0.4, -0.2) is 12.9 Å². The van der Waals surface area contributed by atoms with Gasteiger partial charge in [-0.25, -0.2) is 0 Å². The van der Waals surface area contributed by atoms with E-state index < -0.39 is 0 Å². The number of rotatable bonds is 3. The van der Waals surface area contributed by atoms with Crippen LogP contribution >= 0.6 is 15.9 Å². The van der Waals surface area contributed by atoms with Gasteiger partial charge in [0, 0.05) is 10.9 Å². The predicted octanol–water partition coefficient (Wildman–Crippen LogP) is 4.74. The molecule has 21 heavy (non-hydrogen) atoms. The third-order valence-corrected chi connectivity index (χ3v) is 3.93. The molecule has 3 aromatic rings. The van der Waals surface area contributed by atoms with Crippen LogP contribution in [0.1, 0.15) is 21.7 Å². The number of methoxy groups -OCH3 is 1. The zero-order chi connectivity index (χ0) is 15.0. The van der Waals surface area contributed by atoms with E-state index in [4.69, 9.17) is 9.15 Å². The Kier molecular flexibility index (Phi) is 3.55. The number of aryl methyl sites for hydroxylation is 1. The van der Waals surface area contributed by atoms with Gasteiger partial charge in [0.05, 0.1) is 11.6 Å². The van der Waals surface area contributed by atoms with Gasteiger partial charge in [-0.05, 0) is 59.3 Å². The van der Waals surface area contributed by atoms with Gasteiger partial charge in [-0.2, -0.15) is 0 Å². The number of carbonyl (C=O) groups is 1. The molecule has 0 saturated carbocycles. The Morgan fingerprint density at radius 2 is 1.95 bits per heavy atom. The summed E-state index contributed by atoms with van der Waals surface area (Å²) in [6, 6.07) is 12.8. The van der Waals surface area contributed by atoms with Crippen LogP contribution in [-0.2, 0) is 0 Å². The zero-order valence-corrected chi connectivity index (χ0v) is 13.2. The van der Waals surface area contributed by atoms with E-state index in [-0.39, 0.29) is 5.78 Å². The molecule has 0 bridgehead atoms. The normalized spacial score (nSPS) is 10.8. The maximum atomic E-state index is 12.5. The third-order valence-electron chi connectivity index (χ3n) is 3.31. The fourth-order valence-corrected chi connectivity index (χ4v) is 2.77. The average molecular weight is 345 g/mol. The fourth-order valence-electron chi connectivity index (χ4n) is 2.22. The molecule has 3 nitrogen and oxygen atoms in total. The Balaban J connectivity index is 2.01. The molecule has 0 aliphatic rings. The van der Waals surface area contributed by atoms with Gasteiger partial charge in [-0.1, -0.05) is 11.6 Å². The van der Waals surface area contributed by atoms with Crippen molar-refractivity contribution in [1.82, 2.24) is 0 Å². The molecule has 1 heterocycles. The molecule has 106 valence electrons. The predicted molar refractivity (Wildman–Crippen MR) is 85.1 cm³/mol. The monoisotopic (exact) mass is 344 g/mol. The lowest BCUT2D eigenvalue weighted by molar-refractivity contribution is 0.101. The lowest BCUT2D eigenvalue weighted by atomic mass is 10.1. The van der Waals surface area contributed by atoms with E-state index in [9.17, 15) is 4.79 Å². The van der Waals surface area contributed by atoms with E-state index in [0.717, 1.165) is 21.0 Å². The molecule has 1 aromatic heterocycles. The van der Waals surface area contributed by atoms with Crippen molar-refractivity contribution in [2.24, 2.45) is 0 Å². The second-order valence-corrected chi connectivity index (χ2v) is 5.68. The topological polar surface area (TPSA) is 39.4 Å². The van der Waals surface area contributed by atoms with Crippen molar-refractivity contribution in [2.75, 3.05) is 7.11 Å². The van der Waals surface area contributed by atoms with E-state index in [1.165, 1.54) is 0 Å². The number of benzene rings is 2. The second kappa shape index (κ2) is 5.37. The standard InChI is InChI=1S/C17H13BrO3/c1-10-3-5-14-12(7-10)9-16(21-14)17(19)11-4-6-15(20-2)13(18)8-11/h3-9H,1-2H3. The van der Waals surface area contributed by atoms with Crippen LogP contribution in [0.25, 0.3) is 11.0 Å². The summed E-state index contributed by atoms with van der Waals surface area (Å²) < 4.78 is 11.5. The number of furan rings is 1. The van der Waals surface area contributed by atoms with Crippen LogP contribution in [0.15, 0.2) is 51.4 Å². The highest BCUT2D eigenvalue weighted by molar-refractivity contribution is 9.10. The summed E-state index contributed by atoms with van der Waals surface area (Å²) >= 11 is 3.38. The first kappa shape index (κ1) is 13.9. The van der Waals surface area contributed by atoms with Crippen molar-refractivity contribution in [3.8, 4) is 5.75 Å². The van der Waals surface area contributed by atoms with Gasteiger partial charge in [0.25, 0.3) is 0 Å². The number of hydrogen-bond acceptors (Lipinski definition) is 3. The summed E-state index contributed by atoms with van der Waals surface area (Å²) in [6.07, 6.45) is 0. The van der Waals surface area contributed by atoms with Crippen LogP contribution in [0.2, 0.25) is 0 Å². The molecule has 0 atom stereocenters. The summed E-state index contributed by atoms with van der Waals surface area (Å²) in [7, 11) is 1.59. The van der Waals surface area contributed by atoms with Crippen molar-refractivity contribution >= 4 is 32.7 Å². The molecule has 0 fully saturated rings. The van der Waals surface area contributed by atoms with Crippen molar-refractivity contribution in [3.63, 3.8) is 0 Å². The molecule has 0 radical (unpaired) electrons. The number of carbonyl (C=O) groups excluding carboxylic acids is 1. The van der Waals surface area contributed by atoms with E-state index in [1.54, 1.807) is 31.4 Å². The molecular formula is C17H13BrO3.